The monoisotopic (exact) mass is 423 g/mol. The third-order valence-electron chi connectivity index (χ3n) is 4.99. The van der Waals surface area contributed by atoms with Gasteiger partial charge in [-0.25, -0.2) is 9.97 Å². The van der Waals surface area contributed by atoms with Crippen LogP contribution in [0.1, 0.15) is 17.5 Å². The second-order valence-corrected chi connectivity index (χ2v) is 8.03. The van der Waals surface area contributed by atoms with Crippen LogP contribution in [0.15, 0.2) is 75.8 Å². The van der Waals surface area contributed by atoms with Gasteiger partial charge < -0.3 is 10.2 Å². The molecule has 0 radical (unpaired) electrons. The van der Waals surface area contributed by atoms with E-state index in [1.165, 1.54) is 21.9 Å². The van der Waals surface area contributed by atoms with Gasteiger partial charge >= 0.3 is 0 Å². The molecule has 0 unspecified atom stereocenters. The molecule has 0 saturated carbocycles. The van der Waals surface area contributed by atoms with Crippen LogP contribution in [0.25, 0.3) is 0 Å². The van der Waals surface area contributed by atoms with Crippen molar-refractivity contribution in [2.45, 2.75) is 29.3 Å². The molecule has 0 aliphatic carbocycles. The maximum absolute atomic E-state index is 4.84. The Morgan fingerprint density at radius 2 is 1.86 bits per heavy atom. The molecule has 5 rings (SSSR count). The standard InChI is InChI=1S/C22H21N5S.ClH/c1-2-5-16(6-3-1)15-27-12-4-9-23-20(27)14-17-7-8-19-18(13-17)26-21-22(28-19)25-11-10-24-21;/h1-3,5-8,10-11,13H,4,9,12,14-15H2,(H,24,26);1H. The second kappa shape index (κ2) is 8.84. The van der Waals surface area contributed by atoms with Crippen molar-refractivity contribution >= 4 is 41.5 Å². The smallest absolute Gasteiger partial charge is 0.163 e. The second-order valence-electron chi connectivity index (χ2n) is 7.00. The van der Waals surface area contributed by atoms with Crippen molar-refractivity contribution in [3.05, 3.63) is 72.1 Å². The van der Waals surface area contributed by atoms with E-state index in [-0.39, 0.29) is 12.4 Å². The lowest BCUT2D eigenvalue weighted by Gasteiger charge is -2.30. The summed E-state index contributed by atoms with van der Waals surface area (Å²) in [6.07, 6.45) is 5.42. The topological polar surface area (TPSA) is 53.4 Å². The largest absolute Gasteiger partial charge is 0.356 e. The lowest BCUT2D eigenvalue weighted by atomic mass is 10.1. The number of fused-ring (bicyclic) bond motifs is 2. The maximum atomic E-state index is 4.84. The summed E-state index contributed by atoms with van der Waals surface area (Å²) in [6, 6.07) is 17.2. The molecule has 1 N–H and O–H groups in total. The van der Waals surface area contributed by atoms with Crippen LogP contribution in [0.2, 0.25) is 0 Å². The molecule has 29 heavy (non-hydrogen) atoms. The fourth-order valence-electron chi connectivity index (χ4n) is 3.61. The van der Waals surface area contributed by atoms with Crippen LogP contribution in [0.4, 0.5) is 11.5 Å². The number of amidine groups is 1. The first-order chi connectivity index (χ1) is 13.8. The fourth-order valence-corrected chi connectivity index (χ4v) is 4.49. The maximum Gasteiger partial charge on any atom is 0.163 e. The SMILES string of the molecule is Cl.c1ccc(CN2CCCN=C2Cc2ccc3c(c2)Nc2nccnc2S3)cc1. The molecule has 3 aromatic rings. The number of nitrogens with one attached hydrogen (secondary N) is 1. The number of rotatable bonds is 4. The number of anilines is 2. The molecular weight excluding hydrogens is 402 g/mol. The van der Waals surface area contributed by atoms with Gasteiger partial charge in [0.15, 0.2) is 5.82 Å². The van der Waals surface area contributed by atoms with Crippen molar-refractivity contribution in [1.29, 1.82) is 0 Å². The van der Waals surface area contributed by atoms with Crippen LogP contribution in [-0.4, -0.2) is 33.8 Å². The summed E-state index contributed by atoms with van der Waals surface area (Å²) in [7, 11) is 0. The molecule has 2 aliphatic heterocycles. The summed E-state index contributed by atoms with van der Waals surface area (Å²) < 4.78 is 0. The van der Waals surface area contributed by atoms with E-state index in [9.17, 15) is 0 Å². The highest BCUT2D eigenvalue weighted by atomic mass is 35.5. The van der Waals surface area contributed by atoms with Crippen molar-refractivity contribution in [2.75, 3.05) is 18.4 Å². The van der Waals surface area contributed by atoms with E-state index in [4.69, 9.17) is 4.99 Å². The lowest BCUT2D eigenvalue weighted by molar-refractivity contribution is 0.382. The van der Waals surface area contributed by atoms with Gasteiger partial charge in [-0.15, -0.1) is 12.4 Å². The molecule has 7 heteroatoms. The van der Waals surface area contributed by atoms with Crippen molar-refractivity contribution in [2.24, 2.45) is 4.99 Å². The number of nitrogens with zero attached hydrogens (tertiary/aromatic N) is 4. The van der Waals surface area contributed by atoms with Gasteiger partial charge in [-0.3, -0.25) is 4.99 Å². The molecule has 148 valence electrons. The predicted molar refractivity (Wildman–Crippen MR) is 121 cm³/mol. The minimum absolute atomic E-state index is 0. The normalized spacial score (nSPS) is 14.8. The van der Waals surface area contributed by atoms with Crippen LogP contribution >= 0.6 is 24.2 Å². The zero-order chi connectivity index (χ0) is 18.8. The van der Waals surface area contributed by atoms with E-state index in [0.717, 1.165) is 49.0 Å². The van der Waals surface area contributed by atoms with Crippen LogP contribution in [0.3, 0.4) is 0 Å². The van der Waals surface area contributed by atoms with Gasteiger partial charge in [0.25, 0.3) is 0 Å². The number of aliphatic imine (C=N–C) groups is 1. The molecule has 5 nitrogen and oxygen atoms in total. The van der Waals surface area contributed by atoms with Crippen molar-refractivity contribution in [1.82, 2.24) is 14.9 Å². The summed E-state index contributed by atoms with van der Waals surface area (Å²) in [4.78, 5) is 17.2. The van der Waals surface area contributed by atoms with E-state index in [2.05, 4.69) is 68.7 Å². The number of halogens is 1. The summed E-state index contributed by atoms with van der Waals surface area (Å²) in [6.45, 7) is 2.90. The van der Waals surface area contributed by atoms with Gasteiger partial charge in [-0.05, 0) is 29.7 Å². The Hall–Kier alpha value is -2.57. The highest BCUT2D eigenvalue weighted by Crippen LogP contribution is 2.42. The minimum Gasteiger partial charge on any atom is -0.356 e. The highest BCUT2D eigenvalue weighted by Gasteiger charge is 2.20. The van der Waals surface area contributed by atoms with Crippen LogP contribution in [0, 0.1) is 0 Å². The van der Waals surface area contributed by atoms with Gasteiger partial charge in [-0.2, -0.15) is 0 Å². The molecule has 0 amide bonds. The minimum atomic E-state index is 0. The van der Waals surface area contributed by atoms with E-state index in [1.54, 1.807) is 24.2 Å². The molecule has 2 aliphatic rings. The van der Waals surface area contributed by atoms with E-state index >= 15 is 0 Å². The van der Waals surface area contributed by atoms with Crippen LogP contribution in [0.5, 0.6) is 0 Å². The average molecular weight is 424 g/mol. The summed E-state index contributed by atoms with van der Waals surface area (Å²) in [5.41, 5.74) is 3.69. The third kappa shape index (κ3) is 4.38. The quantitative estimate of drug-likeness (QED) is 0.503. The summed E-state index contributed by atoms with van der Waals surface area (Å²) in [5.74, 6) is 2.01. The molecule has 0 spiro atoms. The average Bonchev–Trinajstić information content (AvgIpc) is 2.74. The first-order valence-corrected chi connectivity index (χ1v) is 10.4. The highest BCUT2D eigenvalue weighted by molar-refractivity contribution is 7.99. The summed E-state index contributed by atoms with van der Waals surface area (Å²) >= 11 is 1.66. The van der Waals surface area contributed by atoms with E-state index in [1.807, 2.05) is 0 Å². The number of hydrogen-bond donors (Lipinski definition) is 1. The van der Waals surface area contributed by atoms with Gasteiger partial charge in [-0.1, -0.05) is 48.2 Å². The van der Waals surface area contributed by atoms with Crippen molar-refractivity contribution in [3.8, 4) is 0 Å². The predicted octanol–water partition coefficient (Wildman–Crippen LogP) is 4.95. The first kappa shape index (κ1) is 19.7. The Labute approximate surface area is 181 Å². The van der Waals surface area contributed by atoms with Gasteiger partial charge in [0, 0.05) is 43.3 Å². The number of aromatic nitrogens is 2. The Kier molecular flexibility index (Phi) is 6.02. The summed E-state index contributed by atoms with van der Waals surface area (Å²) in [5, 5.41) is 4.35. The zero-order valence-electron chi connectivity index (χ0n) is 15.9. The molecule has 3 heterocycles. The van der Waals surface area contributed by atoms with E-state index in [0.29, 0.717) is 0 Å². The Morgan fingerprint density at radius 1 is 1.00 bits per heavy atom. The van der Waals surface area contributed by atoms with Crippen LogP contribution < -0.4 is 5.32 Å². The van der Waals surface area contributed by atoms with Gasteiger partial charge in [0.1, 0.15) is 10.9 Å². The zero-order valence-corrected chi connectivity index (χ0v) is 17.5. The molecule has 2 aromatic carbocycles. The first-order valence-electron chi connectivity index (χ1n) is 9.56. The molecular formula is C22H22ClN5S. The Bertz CT molecular complexity index is 1020. The molecule has 1 aromatic heterocycles. The van der Waals surface area contributed by atoms with E-state index < -0.39 is 0 Å². The molecule has 0 saturated heterocycles. The molecule has 0 bridgehead atoms. The van der Waals surface area contributed by atoms with Gasteiger partial charge in [0.2, 0.25) is 0 Å². The van der Waals surface area contributed by atoms with Crippen molar-refractivity contribution < 1.29 is 0 Å². The fraction of sp³-hybridized carbons (Fsp3) is 0.227. The lowest BCUT2D eigenvalue weighted by Crippen LogP contribution is -2.36. The molecule has 0 fully saturated rings. The van der Waals surface area contributed by atoms with Gasteiger partial charge in [0.05, 0.1) is 5.69 Å². The van der Waals surface area contributed by atoms with Crippen LogP contribution in [-0.2, 0) is 13.0 Å². The Balaban J connectivity index is 0.00000205. The third-order valence-corrected chi connectivity index (χ3v) is 6.06. The number of benzene rings is 2. The molecule has 0 atom stereocenters. The Morgan fingerprint density at radius 3 is 2.76 bits per heavy atom. The van der Waals surface area contributed by atoms with Crippen molar-refractivity contribution in [3.63, 3.8) is 0 Å². The number of hydrogen-bond acceptors (Lipinski definition) is 6.